The molecule has 23 heavy (non-hydrogen) atoms. The monoisotopic (exact) mass is 319 g/mol. The third-order valence-corrected chi connectivity index (χ3v) is 4.88. The van der Waals surface area contributed by atoms with Gasteiger partial charge in [0.05, 0.1) is 5.69 Å². The van der Waals surface area contributed by atoms with E-state index >= 15 is 0 Å². The fourth-order valence-electron chi connectivity index (χ4n) is 3.88. The summed E-state index contributed by atoms with van der Waals surface area (Å²) in [4.78, 5) is 14.6. The fourth-order valence-corrected chi connectivity index (χ4v) is 3.88. The van der Waals surface area contributed by atoms with Crippen molar-refractivity contribution in [2.45, 2.75) is 67.3 Å². The van der Waals surface area contributed by atoms with Gasteiger partial charge in [0.1, 0.15) is 0 Å². The molecule has 0 N–H and O–H groups in total. The van der Waals surface area contributed by atoms with Gasteiger partial charge in [-0.2, -0.15) is 5.10 Å². The van der Waals surface area contributed by atoms with Crippen LogP contribution in [0.3, 0.4) is 0 Å². The van der Waals surface area contributed by atoms with Gasteiger partial charge in [-0.15, -0.1) is 0 Å². The van der Waals surface area contributed by atoms with Crippen molar-refractivity contribution < 1.29 is 4.79 Å². The zero-order valence-electron chi connectivity index (χ0n) is 15.7. The number of hydrogen-bond acceptors (Lipinski definition) is 2. The number of aryl methyl sites for hydroxylation is 1. The first-order chi connectivity index (χ1) is 10.8. The number of nitrogens with zero attached hydrogens (tertiary/aromatic N) is 3. The Balaban J connectivity index is 1.98. The molecule has 1 aliphatic heterocycles. The second-order valence-corrected chi connectivity index (χ2v) is 7.97. The minimum atomic E-state index is 0.304. The van der Waals surface area contributed by atoms with Crippen LogP contribution < -0.4 is 0 Å². The lowest BCUT2D eigenvalue weighted by Crippen LogP contribution is -2.42. The maximum absolute atomic E-state index is 12.6. The molecule has 0 bridgehead atoms. The number of piperidine rings is 1. The highest BCUT2D eigenvalue weighted by Gasteiger charge is 2.25. The zero-order valence-corrected chi connectivity index (χ0v) is 15.7. The molecule has 1 fully saturated rings. The molecule has 1 saturated heterocycles. The second-order valence-electron chi connectivity index (χ2n) is 7.97. The third-order valence-electron chi connectivity index (χ3n) is 4.88. The van der Waals surface area contributed by atoms with Crippen molar-refractivity contribution in [1.29, 1.82) is 0 Å². The lowest BCUT2D eigenvalue weighted by molar-refractivity contribution is -0.133. The molecule has 4 nitrogen and oxygen atoms in total. The predicted octanol–water partition coefficient (Wildman–Crippen LogP) is 3.59. The van der Waals surface area contributed by atoms with Crippen LogP contribution in [0.25, 0.3) is 0 Å². The average Bonchev–Trinajstić information content (AvgIpc) is 2.69. The van der Waals surface area contributed by atoms with E-state index in [9.17, 15) is 4.79 Å². The summed E-state index contributed by atoms with van der Waals surface area (Å²) < 4.78 is 2.10. The van der Waals surface area contributed by atoms with Crippen LogP contribution in [0.4, 0.5) is 0 Å². The van der Waals surface area contributed by atoms with Crippen molar-refractivity contribution in [3.63, 3.8) is 0 Å². The molecule has 2 atom stereocenters. The van der Waals surface area contributed by atoms with Gasteiger partial charge in [0, 0.05) is 31.7 Å². The molecule has 1 amide bonds. The highest BCUT2D eigenvalue weighted by atomic mass is 16.2. The Morgan fingerprint density at radius 3 is 2.39 bits per heavy atom. The molecule has 0 aromatic carbocycles. The van der Waals surface area contributed by atoms with Crippen LogP contribution in [-0.2, 0) is 17.8 Å². The van der Waals surface area contributed by atoms with Crippen LogP contribution in [0.1, 0.15) is 57.5 Å². The Labute approximate surface area is 141 Å². The molecule has 130 valence electrons. The van der Waals surface area contributed by atoms with E-state index in [0.717, 1.165) is 31.7 Å². The van der Waals surface area contributed by atoms with Crippen molar-refractivity contribution >= 4 is 5.91 Å². The van der Waals surface area contributed by atoms with Crippen LogP contribution in [0.2, 0.25) is 0 Å². The van der Waals surface area contributed by atoms with Crippen molar-refractivity contribution in [3.8, 4) is 0 Å². The lowest BCUT2D eigenvalue weighted by Gasteiger charge is -2.35. The van der Waals surface area contributed by atoms with Crippen molar-refractivity contribution in [2.75, 3.05) is 13.1 Å². The van der Waals surface area contributed by atoms with E-state index in [4.69, 9.17) is 0 Å². The molecule has 0 radical (unpaired) electrons. The van der Waals surface area contributed by atoms with E-state index in [1.807, 2.05) is 0 Å². The summed E-state index contributed by atoms with van der Waals surface area (Å²) in [6, 6.07) is 0. The van der Waals surface area contributed by atoms with E-state index in [-0.39, 0.29) is 0 Å². The molecule has 2 heterocycles. The molecule has 2 unspecified atom stereocenters. The maximum Gasteiger partial charge on any atom is 0.222 e. The summed E-state index contributed by atoms with van der Waals surface area (Å²) in [6.45, 7) is 15.9. The Hall–Kier alpha value is -1.32. The van der Waals surface area contributed by atoms with E-state index in [1.165, 1.54) is 17.7 Å². The Morgan fingerprint density at radius 1 is 1.22 bits per heavy atom. The molecule has 0 saturated carbocycles. The molecular weight excluding hydrogens is 286 g/mol. The first-order valence-corrected chi connectivity index (χ1v) is 9.08. The van der Waals surface area contributed by atoms with Gasteiger partial charge in [-0.3, -0.25) is 9.48 Å². The van der Waals surface area contributed by atoms with Gasteiger partial charge in [-0.25, -0.2) is 0 Å². The van der Waals surface area contributed by atoms with E-state index < -0.39 is 0 Å². The van der Waals surface area contributed by atoms with Gasteiger partial charge in [0.2, 0.25) is 5.91 Å². The molecule has 1 aromatic heterocycles. The lowest BCUT2D eigenvalue weighted by atomic mass is 9.91. The highest BCUT2D eigenvalue weighted by Crippen LogP contribution is 2.22. The van der Waals surface area contributed by atoms with Gasteiger partial charge >= 0.3 is 0 Å². The van der Waals surface area contributed by atoms with Gasteiger partial charge in [-0.05, 0) is 50.0 Å². The highest BCUT2D eigenvalue weighted by molar-refractivity contribution is 5.76. The largest absolute Gasteiger partial charge is 0.342 e. The van der Waals surface area contributed by atoms with Crippen molar-refractivity contribution in [3.05, 3.63) is 17.0 Å². The zero-order chi connectivity index (χ0) is 17.1. The smallest absolute Gasteiger partial charge is 0.222 e. The number of carbonyl (C=O) groups excluding carboxylic acids is 1. The number of rotatable bonds is 5. The van der Waals surface area contributed by atoms with Gasteiger partial charge < -0.3 is 4.90 Å². The van der Waals surface area contributed by atoms with Gasteiger partial charge in [0.15, 0.2) is 0 Å². The van der Waals surface area contributed by atoms with Crippen LogP contribution in [-0.4, -0.2) is 33.7 Å². The average molecular weight is 319 g/mol. The first-order valence-electron chi connectivity index (χ1n) is 9.08. The number of carbonyl (C=O) groups is 1. The maximum atomic E-state index is 12.6. The van der Waals surface area contributed by atoms with Gasteiger partial charge in [0.25, 0.3) is 0 Å². The van der Waals surface area contributed by atoms with Crippen molar-refractivity contribution in [2.24, 2.45) is 17.8 Å². The van der Waals surface area contributed by atoms with Crippen LogP contribution >= 0.6 is 0 Å². The molecule has 2 rings (SSSR count). The van der Waals surface area contributed by atoms with E-state index in [0.29, 0.717) is 30.1 Å². The van der Waals surface area contributed by atoms with Crippen LogP contribution in [0, 0.1) is 31.6 Å². The molecule has 1 aromatic rings. The number of hydrogen-bond donors (Lipinski definition) is 0. The molecule has 4 heteroatoms. The summed E-state index contributed by atoms with van der Waals surface area (Å²) in [5.41, 5.74) is 3.57. The molecular formula is C19H33N3O. The second kappa shape index (κ2) is 7.50. The Bertz CT molecular complexity index is 537. The minimum Gasteiger partial charge on any atom is -0.342 e. The standard InChI is InChI=1S/C19H33N3O/c1-13(2)10-22-17(6)18(16(5)20-22)7-8-19(23)21-11-14(3)9-15(4)12-21/h13-15H,7-12H2,1-6H3. The summed E-state index contributed by atoms with van der Waals surface area (Å²) >= 11 is 0. The number of aromatic nitrogens is 2. The van der Waals surface area contributed by atoms with Crippen molar-refractivity contribution in [1.82, 2.24) is 14.7 Å². The van der Waals surface area contributed by atoms with Crippen LogP contribution in [0.5, 0.6) is 0 Å². The summed E-state index contributed by atoms with van der Waals surface area (Å²) in [5.74, 6) is 2.14. The summed E-state index contributed by atoms with van der Waals surface area (Å²) in [7, 11) is 0. The van der Waals surface area contributed by atoms with E-state index in [2.05, 4.69) is 56.2 Å². The third kappa shape index (κ3) is 4.58. The normalized spacial score (nSPS) is 22.0. The van der Waals surface area contributed by atoms with Gasteiger partial charge in [-0.1, -0.05) is 27.7 Å². The quantitative estimate of drug-likeness (QED) is 0.832. The molecule has 0 spiro atoms. The summed E-state index contributed by atoms with van der Waals surface area (Å²) in [6.07, 6.45) is 2.66. The SMILES string of the molecule is Cc1nn(CC(C)C)c(C)c1CCC(=O)N1CC(C)CC(C)C1. The van der Waals surface area contributed by atoms with Crippen LogP contribution in [0.15, 0.2) is 0 Å². The molecule has 1 aliphatic rings. The number of amides is 1. The Kier molecular flexibility index (Phi) is 5.88. The fraction of sp³-hybridized carbons (Fsp3) is 0.789. The first kappa shape index (κ1) is 18.0. The number of likely N-dealkylation sites (tertiary alicyclic amines) is 1. The summed E-state index contributed by atoms with van der Waals surface area (Å²) in [5, 5.41) is 4.66. The minimum absolute atomic E-state index is 0.304. The predicted molar refractivity (Wildman–Crippen MR) is 94.4 cm³/mol. The topological polar surface area (TPSA) is 38.1 Å². The molecule has 0 aliphatic carbocycles. The Morgan fingerprint density at radius 2 is 1.83 bits per heavy atom. The van der Waals surface area contributed by atoms with E-state index in [1.54, 1.807) is 0 Å².